The smallest absolute Gasteiger partial charge is 0.181 e. The molecule has 0 saturated carbocycles. The molecule has 6 heteroatoms. The highest BCUT2D eigenvalue weighted by atomic mass is 35.5. The normalized spacial score (nSPS) is 10.4. The maximum atomic E-state index is 12.2. The van der Waals surface area contributed by atoms with Crippen molar-refractivity contribution < 1.29 is 23.7 Å². The molecule has 0 heterocycles. The third-order valence-corrected chi connectivity index (χ3v) is 4.83. The average molecular weight is 427 g/mol. The SMILES string of the molecule is COc1ccc(COc2c(Cl)ccc(C(C)=O)c2OCc2ccc(OC)cc2)cc1. The van der Waals surface area contributed by atoms with E-state index in [-0.39, 0.29) is 19.0 Å². The van der Waals surface area contributed by atoms with Crippen LogP contribution in [0.5, 0.6) is 23.0 Å². The molecule has 0 amide bonds. The van der Waals surface area contributed by atoms with Crippen molar-refractivity contribution >= 4 is 17.4 Å². The predicted octanol–water partition coefficient (Wildman–Crippen LogP) is 5.72. The van der Waals surface area contributed by atoms with Gasteiger partial charge in [0.2, 0.25) is 0 Å². The zero-order valence-corrected chi connectivity index (χ0v) is 17.9. The van der Waals surface area contributed by atoms with Crippen molar-refractivity contribution in [2.45, 2.75) is 20.1 Å². The topological polar surface area (TPSA) is 54.0 Å². The summed E-state index contributed by atoms with van der Waals surface area (Å²) in [5, 5.41) is 0.373. The van der Waals surface area contributed by atoms with E-state index in [1.807, 2.05) is 48.5 Å². The number of ether oxygens (including phenoxy) is 4. The van der Waals surface area contributed by atoms with Gasteiger partial charge in [0.15, 0.2) is 17.3 Å². The van der Waals surface area contributed by atoms with Crippen LogP contribution in [0.3, 0.4) is 0 Å². The van der Waals surface area contributed by atoms with Crippen molar-refractivity contribution in [1.82, 2.24) is 0 Å². The molecule has 0 aromatic heterocycles. The van der Waals surface area contributed by atoms with Gasteiger partial charge < -0.3 is 18.9 Å². The van der Waals surface area contributed by atoms with E-state index < -0.39 is 0 Å². The molecule has 3 aromatic carbocycles. The molecule has 0 unspecified atom stereocenters. The number of carbonyl (C=O) groups is 1. The Morgan fingerprint density at radius 3 is 1.63 bits per heavy atom. The van der Waals surface area contributed by atoms with Gasteiger partial charge in [0.1, 0.15) is 24.7 Å². The van der Waals surface area contributed by atoms with Crippen LogP contribution in [-0.4, -0.2) is 20.0 Å². The monoisotopic (exact) mass is 426 g/mol. The maximum absolute atomic E-state index is 12.2. The van der Waals surface area contributed by atoms with E-state index in [4.69, 9.17) is 30.5 Å². The quantitative estimate of drug-likeness (QED) is 0.410. The Kier molecular flexibility index (Phi) is 7.20. The number of carbonyl (C=O) groups excluding carboxylic acids is 1. The van der Waals surface area contributed by atoms with E-state index in [9.17, 15) is 4.79 Å². The largest absolute Gasteiger partial charge is 0.497 e. The minimum atomic E-state index is -0.134. The lowest BCUT2D eigenvalue weighted by Gasteiger charge is -2.17. The summed E-state index contributed by atoms with van der Waals surface area (Å²) in [6, 6.07) is 18.3. The Bertz CT molecular complexity index is 997. The minimum Gasteiger partial charge on any atom is -0.497 e. The Hall–Kier alpha value is -3.18. The molecule has 0 N–H and O–H groups in total. The lowest BCUT2D eigenvalue weighted by atomic mass is 10.1. The van der Waals surface area contributed by atoms with Crippen molar-refractivity contribution in [3.05, 3.63) is 82.4 Å². The van der Waals surface area contributed by atoms with Crippen LogP contribution in [0, 0.1) is 0 Å². The molecule has 0 aliphatic carbocycles. The molecule has 30 heavy (non-hydrogen) atoms. The second-order valence-electron chi connectivity index (χ2n) is 6.58. The van der Waals surface area contributed by atoms with Gasteiger partial charge in [-0.05, 0) is 54.4 Å². The fourth-order valence-corrected chi connectivity index (χ4v) is 3.05. The molecule has 5 nitrogen and oxygen atoms in total. The van der Waals surface area contributed by atoms with E-state index in [0.29, 0.717) is 22.1 Å². The molecule has 0 radical (unpaired) electrons. The van der Waals surface area contributed by atoms with E-state index >= 15 is 0 Å². The standard InChI is InChI=1S/C24H23ClO5/c1-16(26)21-12-13-22(25)24(30-15-18-6-10-20(28-3)11-7-18)23(21)29-14-17-4-8-19(27-2)9-5-17/h4-13H,14-15H2,1-3H3. The van der Waals surface area contributed by atoms with Crippen LogP contribution < -0.4 is 18.9 Å². The molecule has 0 atom stereocenters. The number of halogens is 1. The summed E-state index contributed by atoms with van der Waals surface area (Å²) in [7, 11) is 3.23. The lowest BCUT2D eigenvalue weighted by molar-refractivity contribution is 0.101. The molecular weight excluding hydrogens is 404 g/mol. The molecular formula is C24H23ClO5. The first kappa shape index (κ1) is 21.5. The summed E-state index contributed by atoms with van der Waals surface area (Å²) in [5.74, 6) is 2.06. The number of hydrogen-bond donors (Lipinski definition) is 0. The summed E-state index contributed by atoms with van der Waals surface area (Å²) in [4.78, 5) is 12.2. The molecule has 156 valence electrons. The van der Waals surface area contributed by atoms with Crippen LogP contribution in [0.2, 0.25) is 5.02 Å². The molecule has 0 spiro atoms. The van der Waals surface area contributed by atoms with E-state index in [1.54, 1.807) is 26.4 Å². The van der Waals surface area contributed by atoms with Crippen molar-refractivity contribution in [2.75, 3.05) is 14.2 Å². The van der Waals surface area contributed by atoms with E-state index in [2.05, 4.69) is 0 Å². The van der Waals surface area contributed by atoms with Gasteiger partial charge in [-0.15, -0.1) is 0 Å². The summed E-state index contributed by atoms with van der Waals surface area (Å²) in [6.45, 7) is 2.00. The summed E-state index contributed by atoms with van der Waals surface area (Å²) in [5.41, 5.74) is 2.27. The highest BCUT2D eigenvalue weighted by molar-refractivity contribution is 6.32. The Labute approximate surface area is 181 Å². The Balaban J connectivity index is 1.83. The van der Waals surface area contributed by atoms with Gasteiger partial charge >= 0.3 is 0 Å². The van der Waals surface area contributed by atoms with Crippen molar-refractivity contribution in [3.63, 3.8) is 0 Å². The minimum absolute atomic E-state index is 0.134. The van der Waals surface area contributed by atoms with Crippen molar-refractivity contribution in [3.8, 4) is 23.0 Å². The van der Waals surface area contributed by atoms with Crippen LogP contribution in [0.25, 0.3) is 0 Å². The Morgan fingerprint density at radius 1 is 0.733 bits per heavy atom. The van der Waals surface area contributed by atoms with Crippen molar-refractivity contribution in [2.24, 2.45) is 0 Å². The van der Waals surface area contributed by atoms with Crippen LogP contribution in [-0.2, 0) is 13.2 Å². The van der Waals surface area contributed by atoms with Gasteiger partial charge in [-0.25, -0.2) is 0 Å². The first-order valence-electron chi connectivity index (χ1n) is 9.36. The maximum Gasteiger partial charge on any atom is 0.181 e. The summed E-state index contributed by atoms with van der Waals surface area (Å²) >= 11 is 6.39. The van der Waals surface area contributed by atoms with Crippen LogP contribution >= 0.6 is 11.6 Å². The van der Waals surface area contributed by atoms with E-state index in [1.165, 1.54) is 6.92 Å². The highest BCUT2D eigenvalue weighted by Crippen LogP contribution is 2.39. The number of hydrogen-bond acceptors (Lipinski definition) is 5. The number of benzene rings is 3. The molecule has 0 aliphatic heterocycles. The summed E-state index contributed by atoms with van der Waals surface area (Å²) < 4.78 is 22.3. The molecule has 0 bridgehead atoms. The second kappa shape index (κ2) is 10.0. The first-order valence-corrected chi connectivity index (χ1v) is 9.74. The van der Waals surface area contributed by atoms with Crippen LogP contribution in [0.4, 0.5) is 0 Å². The number of ketones is 1. The van der Waals surface area contributed by atoms with Gasteiger partial charge in [-0.1, -0.05) is 35.9 Å². The first-order chi connectivity index (χ1) is 14.5. The summed E-state index contributed by atoms with van der Waals surface area (Å²) in [6.07, 6.45) is 0. The highest BCUT2D eigenvalue weighted by Gasteiger charge is 2.19. The third kappa shape index (κ3) is 5.24. The molecule has 0 aliphatic rings. The van der Waals surface area contributed by atoms with Crippen LogP contribution in [0.1, 0.15) is 28.4 Å². The zero-order chi connectivity index (χ0) is 21.5. The molecule has 3 rings (SSSR count). The Morgan fingerprint density at radius 2 is 1.20 bits per heavy atom. The number of Topliss-reactive ketones (excluding diaryl/α,β-unsaturated/α-hetero) is 1. The average Bonchev–Trinajstić information content (AvgIpc) is 2.77. The number of methoxy groups -OCH3 is 2. The predicted molar refractivity (Wildman–Crippen MR) is 116 cm³/mol. The lowest BCUT2D eigenvalue weighted by Crippen LogP contribution is -2.06. The van der Waals surface area contributed by atoms with Gasteiger partial charge in [-0.3, -0.25) is 4.79 Å². The molecule has 3 aromatic rings. The van der Waals surface area contributed by atoms with Crippen molar-refractivity contribution in [1.29, 1.82) is 0 Å². The van der Waals surface area contributed by atoms with Crippen LogP contribution in [0.15, 0.2) is 60.7 Å². The van der Waals surface area contributed by atoms with Gasteiger partial charge in [0.25, 0.3) is 0 Å². The zero-order valence-electron chi connectivity index (χ0n) is 17.1. The third-order valence-electron chi connectivity index (χ3n) is 4.53. The number of rotatable bonds is 9. The molecule has 0 saturated heterocycles. The van der Waals surface area contributed by atoms with Gasteiger partial charge in [0, 0.05) is 0 Å². The van der Waals surface area contributed by atoms with Gasteiger partial charge in [-0.2, -0.15) is 0 Å². The van der Waals surface area contributed by atoms with E-state index in [0.717, 1.165) is 22.6 Å². The fraction of sp³-hybridized carbons (Fsp3) is 0.208. The molecule has 0 fully saturated rings. The fourth-order valence-electron chi connectivity index (χ4n) is 2.85. The van der Waals surface area contributed by atoms with Gasteiger partial charge in [0.05, 0.1) is 24.8 Å². The second-order valence-corrected chi connectivity index (χ2v) is 6.99.